The van der Waals surface area contributed by atoms with Crippen molar-refractivity contribution in [1.29, 1.82) is 0 Å². The Labute approximate surface area is 332 Å². The van der Waals surface area contributed by atoms with Crippen molar-refractivity contribution in [2.75, 3.05) is 20.3 Å². The Bertz CT molecular complexity index is 2180. The number of likely N-dealkylation sites (tertiary alicyclic amines) is 1. The molecule has 3 heterocycles. The lowest BCUT2D eigenvalue weighted by Crippen LogP contribution is -2.59. The van der Waals surface area contributed by atoms with Gasteiger partial charge in [-0.2, -0.15) is 0 Å². The maximum absolute atomic E-state index is 14.0. The second-order valence-corrected chi connectivity index (χ2v) is 15.1. The van der Waals surface area contributed by atoms with Crippen LogP contribution < -0.4 is 15.4 Å². The molecule has 2 aromatic carbocycles. The summed E-state index contributed by atoms with van der Waals surface area (Å²) in [5.74, 6) is -4.20. The van der Waals surface area contributed by atoms with Gasteiger partial charge in [-0.1, -0.05) is 12.1 Å². The van der Waals surface area contributed by atoms with Crippen molar-refractivity contribution in [1.82, 2.24) is 20.5 Å². The summed E-state index contributed by atoms with van der Waals surface area (Å²) in [5.41, 5.74) is -2.22. The lowest BCUT2D eigenvalue weighted by atomic mass is 9.72. The third-order valence-corrected chi connectivity index (χ3v) is 11.5. The van der Waals surface area contributed by atoms with E-state index in [1.165, 1.54) is 61.7 Å². The first-order valence-electron chi connectivity index (χ1n) is 19.0. The number of nitrogens with zero attached hydrogens (tertiary/aromatic N) is 2. The van der Waals surface area contributed by atoms with E-state index < -0.39 is 109 Å². The maximum atomic E-state index is 14.0. The van der Waals surface area contributed by atoms with E-state index >= 15 is 0 Å². The molecule has 7 rings (SSSR count). The SMILES string of the molecule is COc1cccc2c1C(=O)c1c(cc3c(c1O)[C@@H](OC1CC(NC(=O)[C@@H]4CCCN4C(=O)[C@@H](C)NC(=O)c4ccncc4)C(O)C(C)O1)C[C@](O)(C(=O)CO)C3)C2=O. The molecule has 0 radical (unpaired) electrons. The van der Waals surface area contributed by atoms with Crippen LogP contribution in [0.5, 0.6) is 11.5 Å². The number of aromatic nitrogens is 1. The standard InChI is InChI=1S/C41H44N4O13/c1-19(43-38(52)21-9-11-42-12-10-21)40(54)45-13-5-7-26(45)39(53)44-25-15-30(57-20(2)34(25)48)58-28-17-41(55,29(47)18-46)16-22-14-24-33(36(50)31(22)28)37(51)32-23(35(24)49)6-4-8-27(32)56-3/h4,6,8-12,14,19-20,25-26,28,30,34,46,48,50,55H,5,7,13,15-18H2,1-3H3,(H,43,52)(H,44,53)/t19-,20?,25?,26+,28+,30?,34?,41+/m1/s1. The monoisotopic (exact) mass is 800 g/mol. The number of aliphatic hydroxyl groups excluding tert-OH is 2. The molecule has 0 saturated carbocycles. The fourth-order valence-corrected chi connectivity index (χ4v) is 8.46. The second-order valence-electron chi connectivity index (χ2n) is 15.1. The van der Waals surface area contributed by atoms with Gasteiger partial charge in [0, 0.05) is 60.5 Å². The van der Waals surface area contributed by atoms with Crippen LogP contribution >= 0.6 is 0 Å². The molecule has 6 N–H and O–H groups in total. The molecule has 2 aliphatic carbocycles. The lowest BCUT2D eigenvalue weighted by Gasteiger charge is -2.43. The number of carbonyl (C=O) groups excluding carboxylic acids is 6. The van der Waals surface area contributed by atoms with Gasteiger partial charge >= 0.3 is 0 Å². The first kappa shape index (κ1) is 40.6. The van der Waals surface area contributed by atoms with E-state index in [9.17, 15) is 49.2 Å². The highest BCUT2D eigenvalue weighted by molar-refractivity contribution is 6.30. The molecule has 2 fully saturated rings. The topological polar surface area (TPSA) is 251 Å². The molecule has 0 bridgehead atoms. The largest absolute Gasteiger partial charge is 0.507 e. The van der Waals surface area contributed by atoms with E-state index in [1.54, 1.807) is 13.0 Å². The van der Waals surface area contributed by atoms with E-state index in [0.717, 1.165) is 0 Å². The van der Waals surface area contributed by atoms with Crippen molar-refractivity contribution in [2.45, 2.75) is 94.3 Å². The molecule has 4 unspecified atom stereocenters. The summed E-state index contributed by atoms with van der Waals surface area (Å²) < 4.78 is 17.7. The van der Waals surface area contributed by atoms with Crippen molar-refractivity contribution in [3.8, 4) is 11.5 Å². The number of fused-ring (bicyclic) bond motifs is 3. The number of ether oxygens (including phenoxy) is 3. The average Bonchev–Trinajstić information content (AvgIpc) is 3.71. The Morgan fingerprint density at radius 3 is 2.53 bits per heavy atom. The van der Waals surface area contributed by atoms with Crippen LogP contribution in [-0.2, 0) is 30.3 Å². The minimum atomic E-state index is -2.21. The molecule has 4 aliphatic rings. The zero-order valence-corrected chi connectivity index (χ0v) is 32.0. The van der Waals surface area contributed by atoms with Gasteiger partial charge in [-0.25, -0.2) is 0 Å². The molecule has 8 atom stereocenters. The minimum Gasteiger partial charge on any atom is -0.507 e. The summed E-state index contributed by atoms with van der Waals surface area (Å²) in [6.45, 7) is 2.31. The molecule has 2 saturated heterocycles. The van der Waals surface area contributed by atoms with E-state index in [1.807, 2.05) is 0 Å². The maximum Gasteiger partial charge on any atom is 0.252 e. The molecular formula is C41H44N4O13. The highest BCUT2D eigenvalue weighted by atomic mass is 16.7. The fourth-order valence-electron chi connectivity index (χ4n) is 8.46. The van der Waals surface area contributed by atoms with Gasteiger partial charge in [0.25, 0.3) is 5.91 Å². The summed E-state index contributed by atoms with van der Waals surface area (Å²) >= 11 is 0. The van der Waals surface area contributed by atoms with Gasteiger partial charge in [-0.05, 0) is 56.5 Å². The predicted molar refractivity (Wildman–Crippen MR) is 200 cm³/mol. The van der Waals surface area contributed by atoms with Crippen LogP contribution in [0.1, 0.15) is 99.0 Å². The molecule has 1 aromatic heterocycles. The van der Waals surface area contributed by atoms with E-state index in [4.69, 9.17) is 14.2 Å². The molecule has 0 spiro atoms. The lowest BCUT2D eigenvalue weighted by molar-refractivity contribution is -0.249. The van der Waals surface area contributed by atoms with Crippen molar-refractivity contribution in [2.24, 2.45) is 0 Å². The van der Waals surface area contributed by atoms with Crippen molar-refractivity contribution < 1.29 is 63.4 Å². The minimum absolute atomic E-state index is 0.0156. The Kier molecular flexibility index (Phi) is 11.2. The summed E-state index contributed by atoms with van der Waals surface area (Å²) in [6.07, 6.45) is -2.08. The number of hydrogen-bond acceptors (Lipinski definition) is 14. The number of aromatic hydroxyl groups is 1. The van der Waals surface area contributed by atoms with Gasteiger partial charge in [0.2, 0.25) is 17.6 Å². The van der Waals surface area contributed by atoms with Crippen LogP contribution in [0.2, 0.25) is 0 Å². The first-order valence-corrected chi connectivity index (χ1v) is 19.0. The number of methoxy groups -OCH3 is 1. The quantitative estimate of drug-likeness (QED) is 0.129. The van der Waals surface area contributed by atoms with Gasteiger partial charge in [0.05, 0.1) is 36.5 Å². The molecule has 306 valence electrons. The van der Waals surface area contributed by atoms with Gasteiger partial charge in [-0.3, -0.25) is 33.8 Å². The van der Waals surface area contributed by atoms with E-state index in [-0.39, 0.29) is 52.1 Å². The van der Waals surface area contributed by atoms with Crippen molar-refractivity contribution in [3.63, 3.8) is 0 Å². The molecular weight excluding hydrogens is 756 g/mol. The number of carbonyl (C=O) groups is 6. The van der Waals surface area contributed by atoms with Crippen molar-refractivity contribution >= 4 is 35.1 Å². The third kappa shape index (κ3) is 7.24. The smallest absolute Gasteiger partial charge is 0.252 e. The van der Waals surface area contributed by atoms with Crippen LogP contribution in [0.25, 0.3) is 0 Å². The summed E-state index contributed by atoms with van der Waals surface area (Å²) in [7, 11) is 1.34. The fraction of sp³-hybridized carbons (Fsp3) is 0.439. The number of rotatable bonds is 10. The van der Waals surface area contributed by atoms with Gasteiger partial charge in [-0.15, -0.1) is 0 Å². The zero-order chi connectivity index (χ0) is 41.6. The second kappa shape index (κ2) is 16.0. The van der Waals surface area contributed by atoms with Gasteiger partial charge < -0.3 is 50.2 Å². The Balaban J connectivity index is 1.12. The number of benzene rings is 2. The number of phenols is 1. The normalized spacial score (nSPS) is 26.8. The number of amides is 3. The third-order valence-electron chi connectivity index (χ3n) is 11.5. The highest BCUT2D eigenvalue weighted by Gasteiger charge is 2.49. The zero-order valence-electron chi connectivity index (χ0n) is 32.0. The average molecular weight is 801 g/mol. The highest BCUT2D eigenvalue weighted by Crippen LogP contribution is 2.48. The van der Waals surface area contributed by atoms with Crippen LogP contribution in [0.3, 0.4) is 0 Å². The number of nitrogens with one attached hydrogen (secondary N) is 2. The molecule has 2 aliphatic heterocycles. The summed E-state index contributed by atoms with van der Waals surface area (Å²) in [5, 5.41) is 49.8. The van der Waals surface area contributed by atoms with E-state index in [2.05, 4.69) is 15.6 Å². The molecule has 17 heteroatoms. The number of ketones is 3. The number of Topliss-reactive ketones (excluding diaryl/α,β-unsaturated/α-hetero) is 1. The van der Waals surface area contributed by atoms with E-state index in [0.29, 0.717) is 18.4 Å². The first-order chi connectivity index (χ1) is 27.7. The van der Waals surface area contributed by atoms with Gasteiger partial charge in [0.15, 0.2) is 17.9 Å². The van der Waals surface area contributed by atoms with Crippen LogP contribution in [0.15, 0.2) is 48.8 Å². The number of pyridine rings is 1. The Morgan fingerprint density at radius 1 is 1.09 bits per heavy atom. The number of phenolic OH excluding ortho intramolecular Hbond substituents is 1. The summed E-state index contributed by atoms with van der Waals surface area (Å²) in [4.78, 5) is 85.9. The predicted octanol–water partition coefficient (Wildman–Crippen LogP) is 0.658. The van der Waals surface area contributed by atoms with Gasteiger partial charge in [0.1, 0.15) is 41.9 Å². The van der Waals surface area contributed by atoms with Crippen LogP contribution in [-0.4, -0.2) is 128 Å². The van der Waals surface area contributed by atoms with Crippen LogP contribution in [0.4, 0.5) is 0 Å². The van der Waals surface area contributed by atoms with Crippen LogP contribution in [0, 0.1) is 0 Å². The van der Waals surface area contributed by atoms with Crippen molar-refractivity contribution in [3.05, 3.63) is 87.7 Å². The number of hydrogen-bond donors (Lipinski definition) is 6. The molecule has 3 amide bonds. The number of aliphatic hydroxyl groups is 3. The summed E-state index contributed by atoms with van der Waals surface area (Å²) in [6, 6.07) is 6.00. The molecule has 17 nitrogen and oxygen atoms in total. The Morgan fingerprint density at radius 2 is 1.83 bits per heavy atom. The molecule has 3 aromatic rings. The Hall–Kier alpha value is -5.59. The molecule has 58 heavy (non-hydrogen) atoms.